The van der Waals surface area contributed by atoms with Crippen LogP contribution >= 0.6 is 0 Å². The van der Waals surface area contributed by atoms with E-state index in [1.165, 1.54) is 35.2 Å². The Hall–Kier alpha value is -2.51. The molecule has 1 fully saturated rings. The van der Waals surface area contributed by atoms with E-state index in [0.29, 0.717) is 18.8 Å². The summed E-state index contributed by atoms with van der Waals surface area (Å²) < 4.78 is 6.20. The van der Waals surface area contributed by atoms with Crippen LogP contribution in [0.2, 0.25) is 0 Å². The van der Waals surface area contributed by atoms with Gasteiger partial charge in [0.15, 0.2) is 0 Å². The number of aromatic nitrogens is 2. The van der Waals surface area contributed by atoms with Crippen LogP contribution in [0, 0.1) is 5.92 Å². The Morgan fingerprint density at radius 3 is 2.57 bits per heavy atom. The summed E-state index contributed by atoms with van der Waals surface area (Å²) in [7, 11) is 1.55. The number of rotatable bonds is 7. The van der Waals surface area contributed by atoms with Gasteiger partial charge in [0.2, 0.25) is 0 Å². The number of ether oxygens (including phenoxy) is 1. The van der Waals surface area contributed by atoms with E-state index >= 15 is 0 Å². The minimum absolute atomic E-state index is 0.196. The van der Waals surface area contributed by atoms with Crippen molar-refractivity contribution >= 4 is 11.6 Å². The molecule has 7 nitrogen and oxygen atoms in total. The van der Waals surface area contributed by atoms with Crippen molar-refractivity contribution < 1.29 is 9.53 Å². The number of nitrogens with one attached hydrogen (secondary N) is 1. The smallest absolute Gasteiger partial charge is 0.276 e. The third-order valence-electron chi connectivity index (χ3n) is 5.10. The van der Waals surface area contributed by atoms with Gasteiger partial charge in [0, 0.05) is 25.4 Å². The molecule has 1 N–H and O–H groups in total. The van der Waals surface area contributed by atoms with Crippen molar-refractivity contribution in [3.05, 3.63) is 58.0 Å². The monoisotopic (exact) mass is 384 g/mol. The van der Waals surface area contributed by atoms with Crippen LogP contribution in [-0.2, 0) is 17.8 Å². The minimum atomic E-state index is -0.344. The number of likely N-dealkylation sites (tertiary alicyclic amines) is 1. The number of carbonyl (C=O) groups excluding carboxylic acids is 1. The second-order valence-electron chi connectivity index (χ2n) is 7.38. The Labute approximate surface area is 165 Å². The molecule has 3 rings (SSSR count). The van der Waals surface area contributed by atoms with Crippen molar-refractivity contribution in [3.8, 4) is 0 Å². The zero-order chi connectivity index (χ0) is 19.9. The molecule has 7 heteroatoms. The van der Waals surface area contributed by atoms with Gasteiger partial charge in [-0.15, -0.1) is 0 Å². The van der Waals surface area contributed by atoms with Gasteiger partial charge in [-0.3, -0.25) is 14.5 Å². The summed E-state index contributed by atoms with van der Waals surface area (Å²) in [5.74, 6) is 0.482. The molecular formula is C21H28N4O3. The lowest BCUT2D eigenvalue weighted by Crippen LogP contribution is -2.32. The molecule has 2 aromatic rings. The van der Waals surface area contributed by atoms with Crippen LogP contribution in [0.15, 0.2) is 41.2 Å². The number of carbonyl (C=O) groups is 1. The second-order valence-corrected chi connectivity index (χ2v) is 7.38. The normalized spacial score (nSPS) is 15.5. The first kappa shape index (κ1) is 20.2. The third kappa shape index (κ3) is 5.50. The van der Waals surface area contributed by atoms with Crippen LogP contribution in [0.1, 0.15) is 35.8 Å². The average molecular weight is 384 g/mol. The van der Waals surface area contributed by atoms with Gasteiger partial charge < -0.3 is 10.1 Å². The lowest BCUT2D eigenvalue weighted by molar-refractivity contribution is 0.101. The van der Waals surface area contributed by atoms with E-state index in [9.17, 15) is 9.59 Å². The molecule has 0 unspecified atom stereocenters. The fourth-order valence-electron chi connectivity index (χ4n) is 3.27. The highest BCUT2D eigenvalue weighted by Crippen LogP contribution is 2.19. The van der Waals surface area contributed by atoms with Crippen LogP contribution in [0.3, 0.4) is 0 Å². The van der Waals surface area contributed by atoms with E-state index < -0.39 is 0 Å². The summed E-state index contributed by atoms with van der Waals surface area (Å²) in [5, 5.41) is 6.95. The molecule has 1 aliphatic rings. The summed E-state index contributed by atoms with van der Waals surface area (Å²) in [4.78, 5) is 26.7. The van der Waals surface area contributed by atoms with Crippen molar-refractivity contribution in [2.75, 3.05) is 32.1 Å². The standard InChI is InChI=1S/C21H28N4O3/c1-16-9-11-24(12-10-16)15-17-3-5-18(6-4-17)22-21(27)19-7-8-20(26)25(23-19)13-14-28-2/h3-8,16H,9-15H2,1-2H3,(H,22,27). The van der Waals surface area contributed by atoms with Crippen LogP contribution < -0.4 is 10.9 Å². The average Bonchev–Trinajstić information content (AvgIpc) is 2.70. The molecule has 0 bridgehead atoms. The highest BCUT2D eigenvalue weighted by Gasteiger charge is 2.16. The number of nitrogens with zero attached hydrogens (tertiary/aromatic N) is 3. The van der Waals surface area contributed by atoms with E-state index in [1.54, 1.807) is 7.11 Å². The van der Waals surface area contributed by atoms with Gasteiger partial charge in [0.1, 0.15) is 5.69 Å². The number of piperidine rings is 1. The van der Waals surface area contributed by atoms with E-state index in [1.807, 2.05) is 24.3 Å². The minimum Gasteiger partial charge on any atom is -0.383 e. The quantitative estimate of drug-likeness (QED) is 0.793. The molecule has 0 atom stereocenters. The molecule has 0 aliphatic carbocycles. The number of amides is 1. The number of anilines is 1. The van der Waals surface area contributed by atoms with Gasteiger partial charge in [-0.25, -0.2) is 4.68 Å². The Balaban J connectivity index is 1.59. The SMILES string of the molecule is COCCn1nc(C(=O)Nc2ccc(CN3CCC(C)CC3)cc2)ccc1=O. The zero-order valence-electron chi connectivity index (χ0n) is 16.6. The zero-order valence-corrected chi connectivity index (χ0v) is 16.6. The Morgan fingerprint density at radius 2 is 1.89 bits per heavy atom. The van der Waals surface area contributed by atoms with Gasteiger partial charge in [-0.2, -0.15) is 5.10 Å². The number of benzene rings is 1. The van der Waals surface area contributed by atoms with Gasteiger partial charge in [0.25, 0.3) is 11.5 Å². The van der Waals surface area contributed by atoms with E-state index in [-0.39, 0.29) is 17.2 Å². The molecule has 1 amide bonds. The molecule has 28 heavy (non-hydrogen) atoms. The summed E-state index contributed by atoms with van der Waals surface area (Å²) in [6.45, 7) is 6.20. The van der Waals surface area contributed by atoms with Crippen molar-refractivity contribution in [3.63, 3.8) is 0 Å². The van der Waals surface area contributed by atoms with Crippen molar-refractivity contribution in [2.45, 2.75) is 32.9 Å². The molecule has 0 radical (unpaired) electrons. The highest BCUT2D eigenvalue weighted by molar-refractivity contribution is 6.02. The fourth-order valence-corrected chi connectivity index (χ4v) is 3.27. The molecule has 1 aromatic heterocycles. The maximum atomic E-state index is 12.5. The molecule has 2 heterocycles. The molecule has 1 saturated heterocycles. The van der Waals surface area contributed by atoms with Crippen molar-refractivity contribution in [1.82, 2.24) is 14.7 Å². The Bertz CT molecular complexity index is 839. The first-order valence-corrected chi connectivity index (χ1v) is 9.75. The summed E-state index contributed by atoms with van der Waals surface area (Å²) in [5.41, 5.74) is 1.88. The van der Waals surface area contributed by atoms with E-state index in [0.717, 1.165) is 25.6 Å². The fraction of sp³-hybridized carbons (Fsp3) is 0.476. The van der Waals surface area contributed by atoms with Crippen molar-refractivity contribution in [1.29, 1.82) is 0 Å². The predicted molar refractivity (Wildman–Crippen MR) is 108 cm³/mol. The van der Waals surface area contributed by atoms with Gasteiger partial charge in [0.05, 0.1) is 13.2 Å². The largest absolute Gasteiger partial charge is 0.383 e. The van der Waals surface area contributed by atoms with Crippen LogP contribution in [0.25, 0.3) is 0 Å². The highest BCUT2D eigenvalue weighted by atomic mass is 16.5. The summed E-state index contributed by atoms with van der Waals surface area (Å²) in [6, 6.07) is 10.7. The van der Waals surface area contributed by atoms with Crippen molar-refractivity contribution in [2.24, 2.45) is 5.92 Å². The number of methoxy groups -OCH3 is 1. The molecule has 1 aliphatic heterocycles. The Morgan fingerprint density at radius 1 is 1.18 bits per heavy atom. The lowest BCUT2D eigenvalue weighted by Gasteiger charge is -2.30. The van der Waals surface area contributed by atoms with Gasteiger partial charge >= 0.3 is 0 Å². The molecule has 1 aromatic carbocycles. The van der Waals surface area contributed by atoms with Crippen LogP contribution in [-0.4, -0.2) is 47.4 Å². The number of hydrogen-bond donors (Lipinski definition) is 1. The molecular weight excluding hydrogens is 356 g/mol. The summed E-state index contributed by atoms with van der Waals surface area (Å²) >= 11 is 0. The Kier molecular flexibility index (Phi) is 6.95. The maximum Gasteiger partial charge on any atom is 0.276 e. The second kappa shape index (κ2) is 9.61. The van der Waals surface area contributed by atoms with E-state index in [2.05, 4.69) is 22.2 Å². The first-order chi connectivity index (χ1) is 13.5. The first-order valence-electron chi connectivity index (χ1n) is 9.75. The van der Waals surface area contributed by atoms with E-state index in [4.69, 9.17) is 4.74 Å². The summed E-state index contributed by atoms with van der Waals surface area (Å²) in [6.07, 6.45) is 2.52. The van der Waals surface area contributed by atoms with Crippen LogP contribution in [0.4, 0.5) is 5.69 Å². The number of hydrogen-bond acceptors (Lipinski definition) is 5. The topological polar surface area (TPSA) is 76.5 Å². The van der Waals surface area contributed by atoms with Crippen LogP contribution in [0.5, 0.6) is 0 Å². The lowest BCUT2D eigenvalue weighted by atomic mass is 9.99. The van der Waals surface area contributed by atoms with Gasteiger partial charge in [-0.1, -0.05) is 19.1 Å². The molecule has 0 saturated carbocycles. The maximum absolute atomic E-state index is 12.5. The molecule has 150 valence electrons. The third-order valence-corrected chi connectivity index (χ3v) is 5.10. The predicted octanol–water partition coefficient (Wildman–Crippen LogP) is 2.37. The molecule has 0 spiro atoms. The van der Waals surface area contributed by atoms with Gasteiger partial charge in [-0.05, 0) is 55.6 Å².